The van der Waals surface area contributed by atoms with Crippen LogP contribution in [-0.2, 0) is 4.79 Å². The summed E-state index contributed by atoms with van der Waals surface area (Å²) in [5, 5.41) is 3.33. The Bertz CT molecular complexity index is 333. The third-order valence-electron chi connectivity index (χ3n) is 5.46. The van der Waals surface area contributed by atoms with Crippen LogP contribution in [0.5, 0.6) is 0 Å². The third-order valence-corrected chi connectivity index (χ3v) is 5.46. The summed E-state index contributed by atoms with van der Waals surface area (Å²) in [5.74, 6) is 1.29. The summed E-state index contributed by atoms with van der Waals surface area (Å²) in [6.45, 7) is 7.21. The maximum Gasteiger partial charge on any atom is 0.240 e. The molecule has 3 fully saturated rings. The predicted octanol–water partition coefficient (Wildman–Crippen LogP) is 1.46. The largest absolute Gasteiger partial charge is 0.339 e. The molecule has 3 rings (SSSR count). The predicted molar refractivity (Wildman–Crippen MR) is 80.6 cm³/mol. The smallest absolute Gasteiger partial charge is 0.240 e. The zero-order chi connectivity index (χ0) is 13.9. The number of amides is 1. The molecule has 2 heterocycles. The topological polar surface area (TPSA) is 35.6 Å². The number of hydrogen-bond acceptors (Lipinski definition) is 3. The van der Waals surface area contributed by atoms with E-state index in [2.05, 4.69) is 22.0 Å². The SMILES string of the molecule is CC1CCC(N2CCCC2C(=O)N2CCNCC2)CC1. The molecule has 1 amide bonds. The van der Waals surface area contributed by atoms with Gasteiger partial charge in [0.2, 0.25) is 5.91 Å². The Morgan fingerprint density at radius 2 is 1.70 bits per heavy atom. The summed E-state index contributed by atoms with van der Waals surface area (Å²) >= 11 is 0. The Morgan fingerprint density at radius 1 is 1.00 bits per heavy atom. The average Bonchev–Trinajstić information content (AvgIpc) is 2.97. The molecule has 4 heteroatoms. The summed E-state index contributed by atoms with van der Waals surface area (Å²) in [6.07, 6.45) is 7.56. The zero-order valence-electron chi connectivity index (χ0n) is 12.8. The van der Waals surface area contributed by atoms with E-state index in [9.17, 15) is 4.79 Å². The van der Waals surface area contributed by atoms with Crippen LogP contribution in [0.15, 0.2) is 0 Å². The molecule has 1 unspecified atom stereocenters. The number of nitrogens with one attached hydrogen (secondary N) is 1. The molecule has 1 aliphatic carbocycles. The highest BCUT2D eigenvalue weighted by Crippen LogP contribution is 2.32. The van der Waals surface area contributed by atoms with E-state index in [1.807, 2.05) is 0 Å². The Labute approximate surface area is 122 Å². The quantitative estimate of drug-likeness (QED) is 0.831. The van der Waals surface area contributed by atoms with Crippen molar-refractivity contribution in [3.63, 3.8) is 0 Å². The first-order valence-electron chi connectivity index (χ1n) is 8.51. The van der Waals surface area contributed by atoms with Crippen LogP contribution in [0, 0.1) is 5.92 Å². The summed E-state index contributed by atoms with van der Waals surface area (Å²) in [5.41, 5.74) is 0. The molecule has 0 radical (unpaired) electrons. The number of nitrogens with zero attached hydrogens (tertiary/aromatic N) is 2. The molecule has 1 N–H and O–H groups in total. The molecule has 0 aromatic rings. The van der Waals surface area contributed by atoms with Crippen molar-refractivity contribution >= 4 is 5.91 Å². The van der Waals surface area contributed by atoms with E-state index in [0.717, 1.165) is 45.1 Å². The van der Waals surface area contributed by atoms with Gasteiger partial charge in [-0.05, 0) is 51.0 Å². The standard InChI is InChI=1S/C16H29N3O/c1-13-4-6-14(7-5-13)19-10-2-3-15(19)16(20)18-11-8-17-9-12-18/h13-15,17H,2-12H2,1H3. The first-order chi connectivity index (χ1) is 9.75. The van der Waals surface area contributed by atoms with Gasteiger partial charge in [-0.1, -0.05) is 6.92 Å². The van der Waals surface area contributed by atoms with Crippen molar-refractivity contribution in [3.05, 3.63) is 0 Å². The van der Waals surface area contributed by atoms with Crippen molar-refractivity contribution in [1.82, 2.24) is 15.1 Å². The molecule has 2 saturated heterocycles. The first-order valence-corrected chi connectivity index (χ1v) is 8.51. The number of piperazine rings is 1. The molecule has 114 valence electrons. The molecule has 0 aromatic carbocycles. The lowest BCUT2D eigenvalue weighted by Gasteiger charge is -2.39. The van der Waals surface area contributed by atoms with Crippen LogP contribution < -0.4 is 5.32 Å². The van der Waals surface area contributed by atoms with Gasteiger partial charge in [0.15, 0.2) is 0 Å². The van der Waals surface area contributed by atoms with Crippen molar-refractivity contribution in [3.8, 4) is 0 Å². The summed E-state index contributed by atoms with van der Waals surface area (Å²) in [6, 6.07) is 0.858. The fourth-order valence-electron chi connectivity index (χ4n) is 4.16. The van der Waals surface area contributed by atoms with Crippen molar-refractivity contribution in [2.75, 3.05) is 32.7 Å². The number of rotatable bonds is 2. The minimum Gasteiger partial charge on any atom is -0.339 e. The minimum atomic E-state index is 0.187. The lowest BCUT2D eigenvalue weighted by molar-refractivity contribution is -0.137. The maximum atomic E-state index is 12.8. The van der Waals surface area contributed by atoms with Gasteiger partial charge in [-0.15, -0.1) is 0 Å². The summed E-state index contributed by atoms with van der Waals surface area (Å²) in [4.78, 5) is 17.4. The Balaban J connectivity index is 1.61. The van der Waals surface area contributed by atoms with Crippen LogP contribution in [0.25, 0.3) is 0 Å². The van der Waals surface area contributed by atoms with Crippen LogP contribution >= 0.6 is 0 Å². The van der Waals surface area contributed by atoms with Gasteiger partial charge in [0.05, 0.1) is 6.04 Å². The van der Waals surface area contributed by atoms with E-state index in [0.29, 0.717) is 11.9 Å². The van der Waals surface area contributed by atoms with Gasteiger partial charge < -0.3 is 10.2 Å². The van der Waals surface area contributed by atoms with Crippen molar-refractivity contribution in [1.29, 1.82) is 0 Å². The molecule has 1 saturated carbocycles. The average molecular weight is 279 g/mol. The maximum absolute atomic E-state index is 12.8. The Hall–Kier alpha value is -0.610. The van der Waals surface area contributed by atoms with Gasteiger partial charge >= 0.3 is 0 Å². The molecule has 4 nitrogen and oxygen atoms in total. The number of hydrogen-bond donors (Lipinski definition) is 1. The van der Waals surface area contributed by atoms with Crippen molar-refractivity contribution in [2.24, 2.45) is 5.92 Å². The highest BCUT2D eigenvalue weighted by molar-refractivity contribution is 5.82. The first kappa shape index (κ1) is 14.3. The summed E-state index contributed by atoms with van der Waals surface area (Å²) < 4.78 is 0. The number of likely N-dealkylation sites (tertiary alicyclic amines) is 1. The lowest BCUT2D eigenvalue weighted by atomic mass is 9.86. The van der Waals surface area contributed by atoms with E-state index >= 15 is 0 Å². The van der Waals surface area contributed by atoms with Crippen LogP contribution in [0.2, 0.25) is 0 Å². The fraction of sp³-hybridized carbons (Fsp3) is 0.938. The molecule has 0 spiro atoms. The normalized spacial score (nSPS) is 36.2. The summed E-state index contributed by atoms with van der Waals surface area (Å²) in [7, 11) is 0. The van der Waals surface area contributed by atoms with Crippen molar-refractivity contribution < 1.29 is 4.79 Å². The van der Waals surface area contributed by atoms with Gasteiger partial charge in [0, 0.05) is 32.2 Å². The van der Waals surface area contributed by atoms with E-state index in [1.165, 1.54) is 32.1 Å². The Morgan fingerprint density at radius 3 is 2.40 bits per heavy atom. The Kier molecular flexibility index (Phi) is 4.61. The fourth-order valence-corrected chi connectivity index (χ4v) is 4.16. The van der Waals surface area contributed by atoms with Crippen LogP contribution in [0.1, 0.15) is 45.4 Å². The molecule has 2 aliphatic heterocycles. The number of carbonyl (C=O) groups is 1. The molecular weight excluding hydrogens is 250 g/mol. The zero-order valence-corrected chi connectivity index (χ0v) is 12.8. The molecule has 1 atom stereocenters. The van der Waals surface area contributed by atoms with Gasteiger partial charge in [-0.2, -0.15) is 0 Å². The second kappa shape index (κ2) is 6.44. The van der Waals surface area contributed by atoms with Crippen molar-refractivity contribution in [2.45, 2.75) is 57.5 Å². The monoisotopic (exact) mass is 279 g/mol. The van der Waals surface area contributed by atoms with Gasteiger partial charge in [0.1, 0.15) is 0 Å². The lowest BCUT2D eigenvalue weighted by Crippen LogP contribution is -2.54. The minimum absolute atomic E-state index is 0.187. The van der Waals surface area contributed by atoms with E-state index in [1.54, 1.807) is 0 Å². The van der Waals surface area contributed by atoms with Crippen LogP contribution in [0.3, 0.4) is 0 Å². The third kappa shape index (κ3) is 3.01. The molecule has 0 aromatic heterocycles. The molecule has 0 bridgehead atoms. The van der Waals surface area contributed by atoms with E-state index < -0.39 is 0 Å². The molecule has 20 heavy (non-hydrogen) atoms. The second-order valence-corrected chi connectivity index (χ2v) is 6.88. The van der Waals surface area contributed by atoms with Gasteiger partial charge in [-0.25, -0.2) is 0 Å². The van der Waals surface area contributed by atoms with E-state index in [-0.39, 0.29) is 6.04 Å². The molecular formula is C16H29N3O. The number of carbonyl (C=O) groups excluding carboxylic acids is 1. The highest BCUT2D eigenvalue weighted by atomic mass is 16.2. The van der Waals surface area contributed by atoms with Crippen LogP contribution in [-0.4, -0.2) is 60.5 Å². The highest BCUT2D eigenvalue weighted by Gasteiger charge is 2.38. The second-order valence-electron chi connectivity index (χ2n) is 6.88. The van der Waals surface area contributed by atoms with Crippen LogP contribution in [0.4, 0.5) is 0 Å². The van der Waals surface area contributed by atoms with E-state index in [4.69, 9.17) is 0 Å². The van der Waals surface area contributed by atoms with Gasteiger partial charge in [0.25, 0.3) is 0 Å². The van der Waals surface area contributed by atoms with Gasteiger partial charge in [-0.3, -0.25) is 9.69 Å². The molecule has 3 aliphatic rings.